The molecule has 1 aromatic carbocycles. The molecule has 0 atom stereocenters. The first-order chi connectivity index (χ1) is 9.04. The lowest BCUT2D eigenvalue weighted by molar-refractivity contribution is -0.137. The van der Waals surface area contributed by atoms with E-state index in [0.717, 1.165) is 15.9 Å². The summed E-state index contributed by atoms with van der Waals surface area (Å²) in [6.07, 6.45) is 0. The summed E-state index contributed by atoms with van der Waals surface area (Å²) in [5.74, 6) is -1.50. The van der Waals surface area contributed by atoms with Gasteiger partial charge in [0.05, 0.1) is 18.4 Å². The first-order valence-electron chi connectivity index (χ1n) is 5.27. The molecule has 0 aliphatic carbocycles. The summed E-state index contributed by atoms with van der Waals surface area (Å²) < 4.78 is 20.0. The topological polar surface area (TPSA) is 68.5 Å². The van der Waals surface area contributed by atoms with E-state index in [0.29, 0.717) is 0 Å². The number of thiazole rings is 1. The summed E-state index contributed by atoms with van der Waals surface area (Å²) in [5, 5.41) is 10.2. The predicted octanol–water partition coefficient (Wildman–Crippen LogP) is 1.81. The number of hydrogen-bond acceptors (Lipinski definition) is 4. The maximum Gasteiger partial charge on any atom is 0.323 e. The zero-order valence-corrected chi connectivity index (χ0v) is 10.7. The number of carboxylic acid groups (broad SMARTS) is 1. The van der Waals surface area contributed by atoms with Crippen LogP contribution in [0.25, 0.3) is 11.3 Å². The van der Waals surface area contributed by atoms with Gasteiger partial charge in [-0.2, -0.15) is 0 Å². The predicted molar refractivity (Wildman–Crippen MR) is 68.2 cm³/mol. The number of aliphatic carboxylic acids is 1. The third-order valence-corrected chi connectivity index (χ3v) is 3.29. The molecule has 0 unspecified atom stereocenters. The highest BCUT2D eigenvalue weighted by molar-refractivity contribution is 7.07. The number of hydrogen-bond donors (Lipinski definition) is 1. The summed E-state index contributed by atoms with van der Waals surface area (Å²) in [6, 6.07) is 4.25. The van der Waals surface area contributed by atoms with E-state index in [1.807, 2.05) is 0 Å². The highest BCUT2D eigenvalue weighted by Crippen LogP contribution is 2.32. The maximum absolute atomic E-state index is 13.9. The average Bonchev–Trinajstić information content (AvgIpc) is 2.70. The second kappa shape index (κ2) is 5.23. The monoisotopic (exact) mass is 283 g/mol. The van der Waals surface area contributed by atoms with Gasteiger partial charge in [-0.3, -0.25) is 14.2 Å². The number of carbonyl (C=O) groups is 1. The summed E-state index contributed by atoms with van der Waals surface area (Å²) in [4.78, 5) is 21.9. The molecular formula is C12H10FNO4S. The molecule has 100 valence electrons. The average molecular weight is 283 g/mol. The molecule has 0 amide bonds. The number of nitrogens with zero attached hydrogens (tertiary/aromatic N) is 1. The molecule has 19 heavy (non-hydrogen) atoms. The highest BCUT2D eigenvalue weighted by Gasteiger charge is 2.18. The van der Waals surface area contributed by atoms with Crippen molar-refractivity contribution in [3.63, 3.8) is 0 Å². The maximum atomic E-state index is 13.9. The van der Waals surface area contributed by atoms with Crippen molar-refractivity contribution < 1.29 is 19.0 Å². The molecule has 1 N–H and O–H groups in total. The van der Waals surface area contributed by atoms with Crippen molar-refractivity contribution in [2.24, 2.45) is 0 Å². The number of aromatic nitrogens is 1. The standard InChI is InChI=1S/C12H10FNO4S/c1-18-9-4-2-3-7(13)11(9)8-6-19-12(17)14(8)5-10(15)16/h2-4,6H,5H2,1H3,(H,15,16). The van der Waals surface area contributed by atoms with Crippen LogP contribution in [0, 0.1) is 5.82 Å². The van der Waals surface area contributed by atoms with Crippen molar-refractivity contribution in [1.82, 2.24) is 4.57 Å². The van der Waals surface area contributed by atoms with Crippen LogP contribution in [0.3, 0.4) is 0 Å². The van der Waals surface area contributed by atoms with Crippen LogP contribution in [0.15, 0.2) is 28.4 Å². The highest BCUT2D eigenvalue weighted by atomic mass is 32.1. The number of halogens is 1. The largest absolute Gasteiger partial charge is 0.496 e. The molecule has 2 rings (SSSR count). The van der Waals surface area contributed by atoms with Gasteiger partial charge in [-0.05, 0) is 12.1 Å². The molecule has 1 aromatic heterocycles. The summed E-state index contributed by atoms with van der Waals surface area (Å²) >= 11 is 0.818. The summed E-state index contributed by atoms with van der Waals surface area (Å²) in [5.41, 5.74) is 0.289. The quantitative estimate of drug-likeness (QED) is 0.929. The van der Waals surface area contributed by atoms with E-state index in [1.165, 1.54) is 24.6 Å². The molecule has 0 aliphatic heterocycles. The second-order valence-electron chi connectivity index (χ2n) is 3.68. The van der Waals surface area contributed by atoms with Gasteiger partial charge in [-0.25, -0.2) is 4.39 Å². The van der Waals surface area contributed by atoms with Gasteiger partial charge in [0.25, 0.3) is 0 Å². The summed E-state index contributed by atoms with van der Waals surface area (Å²) in [6.45, 7) is -0.519. The van der Waals surface area contributed by atoms with Crippen LogP contribution < -0.4 is 9.61 Å². The van der Waals surface area contributed by atoms with Gasteiger partial charge in [0.2, 0.25) is 0 Å². The molecule has 0 spiro atoms. The van der Waals surface area contributed by atoms with Crippen LogP contribution in [0.1, 0.15) is 0 Å². The molecule has 0 saturated heterocycles. The Labute approximate surface area is 111 Å². The molecule has 0 fully saturated rings. The van der Waals surface area contributed by atoms with Gasteiger partial charge in [-0.1, -0.05) is 17.4 Å². The van der Waals surface area contributed by atoms with E-state index in [4.69, 9.17) is 9.84 Å². The number of methoxy groups -OCH3 is 1. The number of carboxylic acids is 1. The van der Waals surface area contributed by atoms with E-state index in [9.17, 15) is 14.0 Å². The zero-order valence-electron chi connectivity index (χ0n) is 9.92. The SMILES string of the molecule is COc1cccc(F)c1-c1csc(=O)n1CC(=O)O. The minimum atomic E-state index is -1.17. The van der Waals surface area contributed by atoms with Crippen molar-refractivity contribution in [2.45, 2.75) is 6.54 Å². The van der Waals surface area contributed by atoms with E-state index >= 15 is 0 Å². The molecule has 0 aliphatic rings. The Morgan fingerprint density at radius 3 is 2.89 bits per heavy atom. The van der Waals surface area contributed by atoms with Crippen LogP contribution >= 0.6 is 11.3 Å². The van der Waals surface area contributed by atoms with Crippen LogP contribution in [0.2, 0.25) is 0 Å². The lowest BCUT2D eigenvalue weighted by Gasteiger charge is -2.10. The minimum Gasteiger partial charge on any atom is -0.496 e. The molecule has 7 heteroatoms. The Balaban J connectivity index is 2.66. The number of rotatable bonds is 4. The van der Waals surface area contributed by atoms with E-state index in [1.54, 1.807) is 6.07 Å². The molecular weight excluding hydrogens is 273 g/mol. The van der Waals surface area contributed by atoms with Gasteiger partial charge < -0.3 is 9.84 Å². The van der Waals surface area contributed by atoms with E-state index < -0.39 is 23.2 Å². The van der Waals surface area contributed by atoms with Gasteiger partial charge in [0.1, 0.15) is 18.1 Å². The van der Waals surface area contributed by atoms with Crippen molar-refractivity contribution in [2.75, 3.05) is 7.11 Å². The van der Waals surface area contributed by atoms with Crippen molar-refractivity contribution in [3.8, 4) is 17.0 Å². The van der Waals surface area contributed by atoms with Crippen LogP contribution in [-0.4, -0.2) is 22.8 Å². The van der Waals surface area contributed by atoms with E-state index in [-0.39, 0.29) is 17.0 Å². The van der Waals surface area contributed by atoms with Crippen LogP contribution in [-0.2, 0) is 11.3 Å². The second-order valence-corrected chi connectivity index (χ2v) is 4.50. The fourth-order valence-electron chi connectivity index (χ4n) is 1.73. The van der Waals surface area contributed by atoms with Crippen LogP contribution in [0.4, 0.5) is 4.39 Å². The Morgan fingerprint density at radius 1 is 1.53 bits per heavy atom. The molecule has 0 bridgehead atoms. The van der Waals surface area contributed by atoms with Crippen molar-refractivity contribution in [3.05, 3.63) is 39.1 Å². The molecule has 2 aromatic rings. The minimum absolute atomic E-state index is 0.0876. The first-order valence-corrected chi connectivity index (χ1v) is 6.15. The van der Waals surface area contributed by atoms with Crippen LogP contribution in [0.5, 0.6) is 5.75 Å². The van der Waals surface area contributed by atoms with E-state index in [2.05, 4.69) is 0 Å². The van der Waals surface area contributed by atoms with Gasteiger partial charge in [0.15, 0.2) is 0 Å². The Bertz CT molecular complexity index is 677. The fraction of sp³-hybridized carbons (Fsp3) is 0.167. The summed E-state index contributed by atoms with van der Waals surface area (Å²) in [7, 11) is 1.38. The molecule has 1 heterocycles. The third-order valence-electron chi connectivity index (χ3n) is 2.53. The molecule has 5 nitrogen and oxygen atoms in total. The number of ether oxygens (including phenoxy) is 1. The van der Waals surface area contributed by atoms with Gasteiger partial charge >= 0.3 is 10.8 Å². The first kappa shape index (κ1) is 13.3. The third kappa shape index (κ3) is 2.50. The smallest absolute Gasteiger partial charge is 0.323 e. The Morgan fingerprint density at radius 2 is 2.26 bits per heavy atom. The zero-order chi connectivity index (χ0) is 14.0. The Kier molecular flexibility index (Phi) is 3.66. The van der Waals surface area contributed by atoms with Gasteiger partial charge in [-0.15, -0.1) is 0 Å². The lowest BCUT2D eigenvalue weighted by Crippen LogP contribution is -2.20. The molecule has 0 saturated carbocycles. The van der Waals surface area contributed by atoms with Crippen molar-refractivity contribution >= 4 is 17.3 Å². The molecule has 0 radical (unpaired) electrons. The number of benzene rings is 1. The van der Waals surface area contributed by atoms with Crippen molar-refractivity contribution in [1.29, 1.82) is 0 Å². The van der Waals surface area contributed by atoms with Gasteiger partial charge in [0, 0.05) is 5.38 Å². The Hall–Kier alpha value is -2.15. The fourth-order valence-corrected chi connectivity index (χ4v) is 2.48. The normalized spacial score (nSPS) is 10.4. The lowest BCUT2D eigenvalue weighted by atomic mass is 10.1.